The summed E-state index contributed by atoms with van der Waals surface area (Å²) in [6.45, 7) is 0. The van der Waals surface area contributed by atoms with E-state index in [0.717, 1.165) is 24.0 Å². The number of hydrogen-bond acceptors (Lipinski definition) is 4. The third kappa shape index (κ3) is 4.63. The van der Waals surface area contributed by atoms with E-state index < -0.39 is 11.7 Å². The number of halogens is 1. The number of amides is 2. The summed E-state index contributed by atoms with van der Waals surface area (Å²) in [6, 6.07) is 25.7. The van der Waals surface area contributed by atoms with Crippen molar-refractivity contribution < 1.29 is 23.5 Å². The summed E-state index contributed by atoms with van der Waals surface area (Å²) in [5.74, 6) is -0.948. The molecule has 0 bridgehead atoms. The Balaban J connectivity index is 1.29. The van der Waals surface area contributed by atoms with Crippen LogP contribution in [0, 0.1) is 5.82 Å². The molecule has 1 aromatic heterocycles. The molecule has 1 aliphatic rings. The molecule has 1 saturated carbocycles. The number of primary amides is 1. The predicted molar refractivity (Wildman–Crippen MR) is 146 cm³/mol. The number of carbonyl (C=O) groups excluding carboxylic acids is 2. The van der Waals surface area contributed by atoms with Crippen LogP contribution in [0.3, 0.4) is 0 Å². The van der Waals surface area contributed by atoms with E-state index in [2.05, 4.69) is 5.32 Å². The fourth-order valence-electron chi connectivity index (χ4n) is 5.05. The Morgan fingerprint density at radius 1 is 0.949 bits per heavy atom. The van der Waals surface area contributed by atoms with E-state index in [1.807, 2.05) is 36.4 Å². The van der Waals surface area contributed by atoms with Gasteiger partial charge in [0, 0.05) is 22.9 Å². The number of carbonyl (C=O) groups is 2. The molecule has 0 aliphatic heterocycles. The molecule has 194 valence electrons. The molecule has 0 atom stereocenters. The first kappa shape index (κ1) is 24.4. The van der Waals surface area contributed by atoms with Gasteiger partial charge in [-0.05, 0) is 84.1 Å². The Labute approximate surface area is 223 Å². The van der Waals surface area contributed by atoms with Gasteiger partial charge in [0.05, 0.1) is 11.1 Å². The third-order valence-corrected chi connectivity index (χ3v) is 7.27. The number of phenols is 1. The number of phenolic OH excluding ortho intramolecular Hbond substituents is 1. The van der Waals surface area contributed by atoms with Gasteiger partial charge < -0.3 is 20.6 Å². The van der Waals surface area contributed by atoms with Crippen LogP contribution in [0.25, 0.3) is 22.3 Å². The molecule has 1 fully saturated rings. The monoisotopic (exact) mass is 520 g/mol. The average molecular weight is 521 g/mol. The van der Waals surface area contributed by atoms with Crippen LogP contribution in [0.5, 0.6) is 5.75 Å². The molecule has 4 aromatic carbocycles. The van der Waals surface area contributed by atoms with Crippen molar-refractivity contribution in [3.63, 3.8) is 0 Å². The van der Waals surface area contributed by atoms with Crippen LogP contribution in [0.1, 0.15) is 50.2 Å². The molecule has 6 nitrogen and oxygen atoms in total. The highest BCUT2D eigenvalue weighted by atomic mass is 19.1. The minimum absolute atomic E-state index is 0.0603. The molecule has 6 rings (SSSR count). The maximum absolute atomic E-state index is 13.4. The predicted octanol–water partition coefficient (Wildman–Crippen LogP) is 6.05. The summed E-state index contributed by atoms with van der Waals surface area (Å²) < 4.78 is 19.4. The standard InChI is InChI=1S/C32H25FN2O4/c33-24-10-7-20(8-11-24)29-28(30(34)37)25-17-19(6-13-27(25)39-29)16-22-18-21(9-12-26(22)36)31(38)35-32(14-15-32)23-4-2-1-3-5-23/h1-13,17-18,36H,14-16H2,(H2,34,37)(H,35,38). The molecule has 2 amide bonds. The van der Waals surface area contributed by atoms with E-state index in [1.54, 1.807) is 24.3 Å². The molecule has 0 radical (unpaired) electrons. The number of nitrogens with two attached hydrogens (primary N) is 1. The summed E-state index contributed by atoms with van der Waals surface area (Å²) in [4.78, 5) is 25.6. The molecule has 0 saturated heterocycles. The maximum Gasteiger partial charge on any atom is 0.253 e. The van der Waals surface area contributed by atoms with E-state index in [-0.39, 0.29) is 28.5 Å². The summed E-state index contributed by atoms with van der Waals surface area (Å²) in [5, 5.41) is 14.3. The fraction of sp³-hybridized carbons (Fsp3) is 0.125. The normalized spacial score (nSPS) is 13.8. The lowest BCUT2D eigenvalue weighted by Gasteiger charge is -2.18. The molecular weight excluding hydrogens is 495 g/mol. The first-order chi connectivity index (χ1) is 18.8. The summed E-state index contributed by atoms with van der Waals surface area (Å²) in [5.41, 5.74) is 9.43. The molecule has 39 heavy (non-hydrogen) atoms. The second kappa shape index (κ2) is 9.44. The largest absolute Gasteiger partial charge is 0.508 e. The SMILES string of the molecule is NC(=O)c1c(-c2ccc(F)cc2)oc2ccc(Cc3cc(C(=O)NC4(c5ccccc5)CC4)ccc3O)cc12. The zero-order valence-electron chi connectivity index (χ0n) is 20.9. The molecule has 4 N–H and O–H groups in total. The number of hydrogen-bond donors (Lipinski definition) is 3. The topological polar surface area (TPSA) is 106 Å². The number of furan rings is 1. The van der Waals surface area contributed by atoms with Crippen molar-refractivity contribution in [3.05, 3.63) is 125 Å². The van der Waals surface area contributed by atoms with Crippen molar-refractivity contribution in [2.75, 3.05) is 0 Å². The first-order valence-corrected chi connectivity index (χ1v) is 12.6. The summed E-state index contributed by atoms with van der Waals surface area (Å²) in [6.07, 6.45) is 2.06. The number of fused-ring (bicyclic) bond motifs is 1. The Hall–Kier alpha value is -4.91. The van der Waals surface area contributed by atoms with Crippen LogP contribution in [0.2, 0.25) is 0 Å². The Morgan fingerprint density at radius 2 is 1.69 bits per heavy atom. The van der Waals surface area contributed by atoms with Crippen molar-refractivity contribution in [1.29, 1.82) is 0 Å². The van der Waals surface area contributed by atoms with Gasteiger partial charge in [-0.15, -0.1) is 0 Å². The van der Waals surface area contributed by atoms with Gasteiger partial charge in [-0.25, -0.2) is 4.39 Å². The average Bonchev–Trinajstić information content (AvgIpc) is 3.62. The van der Waals surface area contributed by atoms with Gasteiger partial charge in [0.15, 0.2) is 0 Å². The highest BCUT2D eigenvalue weighted by molar-refractivity contribution is 6.10. The first-order valence-electron chi connectivity index (χ1n) is 12.6. The molecule has 0 spiro atoms. The number of nitrogens with one attached hydrogen (secondary N) is 1. The zero-order valence-corrected chi connectivity index (χ0v) is 20.9. The van der Waals surface area contributed by atoms with Gasteiger partial charge >= 0.3 is 0 Å². The second-order valence-corrected chi connectivity index (χ2v) is 9.93. The van der Waals surface area contributed by atoms with Crippen molar-refractivity contribution in [1.82, 2.24) is 5.32 Å². The van der Waals surface area contributed by atoms with Gasteiger partial charge in [-0.1, -0.05) is 36.4 Å². The van der Waals surface area contributed by atoms with Crippen LogP contribution >= 0.6 is 0 Å². The molecule has 7 heteroatoms. The Bertz CT molecular complexity index is 1720. The van der Waals surface area contributed by atoms with Crippen LogP contribution in [-0.2, 0) is 12.0 Å². The Morgan fingerprint density at radius 3 is 2.38 bits per heavy atom. The molecule has 0 unspecified atom stereocenters. The highest BCUT2D eigenvalue weighted by Gasteiger charge is 2.45. The van der Waals surface area contributed by atoms with Crippen LogP contribution < -0.4 is 11.1 Å². The van der Waals surface area contributed by atoms with E-state index in [1.165, 1.54) is 30.3 Å². The lowest BCUT2D eigenvalue weighted by atomic mass is 9.98. The lowest BCUT2D eigenvalue weighted by Crippen LogP contribution is -2.34. The minimum atomic E-state index is -0.667. The molecule has 1 heterocycles. The third-order valence-electron chi connectivity index (χ3n) is 7.27. The summed E-state index contributed by atoms with van der Waals surface area (Å²) >= 11 is 0. The Kier molecular flexibility index (Phi) is 5.91. The zero-order chi connectivity index (χ0) is 27.1. The van der Waals surface area contributed by atoms with Crippen molar-refractivity contribution in [3.8, 4) is 17.1 Å². The number of rotatable bonds is 7. The van der Waals surface area contributed by atoms with Crippen molar-refractivity contribution >= 4 is 22.8 Å². The molecule has 5 aromatic rings. The van der Waals surface area contributed by atoms with Crippen LogP contribution in [0.15, 0.2) is 95.4 Å². The van der Waals surface area contributed by atoms with Crippen LogP contribution in [0.4, 0.5) is 4.39 Å². The van der Waals surface area contributed by atoms with Crippen molar-refractivity contribution in [2.24, 2.45) is 5.73 Å². The lowest BCUT2D eigenvalue weighted by molar-refractivity contribution is 0.0929. The second-order valence-electron chi connectivity index (χ2n) is 9.93. The van der Waals surface area contributed by atoms with Gasteiger partial charge in [0.1, 0.15) is 22.9 Å². The quantitative estimate of drug-likeness (QED) is 0.243. The maximum atomic E-state index is 13.4. The molecule has 1 aliphatic carbocycles. The van der Waals surface area contributed by atoms with E-state index >= 15 is 0 Å². The summed E-state index contributed by atoms with van der Waals surface area (Å²) in [7, 11) is 0. The fourth-order valence-corrected chi connectivity index (χ4v) is 5.05. The van der Waals surface area contributed by atoms with E-state index in [0.29, 0.717) is 34.1 Å². The number of benzene rings is 4. The van der Waals surface area contributed by atoms with Gasteiger partial charge in [-0.2, -0.15) is 0 Å². The van der Waals surface area contributed by atoms with Gasteiger partial charge in [0.2, 0.25) is 0 Å². The minimum Gasteiger partial charge on any atom is -0.508 e. The number of aromatic hydroxyl groups is 1. The van der Waals surface area contributed by atoms with Crippen molar-refractivity contribution in [2.45, 2.75) is 24.8 Å². The highest BCUT2D eigenvalue weighted by Crippen LogP contribution is 2.45. The van der Waals surface area contributed by atoms with Gasteiger partial charge in [0.25, 0.3) is 11.8 Å². The smallest absolute Gasteiger partial charge is 0.253 e. The molecular formula is C32H25FN2O4. The van der Waals surface area contributed by atoms with E-state index in [4.69, 9.17) is 10.2 Å². The van der Waals surface area contributed by atoms with E-state index in [9.17, 15) is 19.1 Å². The van der Waals surface area contributed by atoms with Gasteiger partial charge in [-0.3, -0.25) is 9.59 Å². The van der Waals surface area contributed by atoms with Crippen LogP contribution in [-0.4, -0.2) is 16.9 Å².